The molecule has 2 aliphatic heterocycles. The molecule has 1 aliphatic carbocycles. The van der Waals surface area contributed by atoms with E-state index < -0.39 is 6.67 Å². The van der Waals surface area contributed by atoms with Crippen LogP contribution in [0.4, 0.5) is 15.9 Å². The van der Waals surface area contributed by atoms with Gasteiger partial charge in [0.1, 0.15) is 25.1 Å². The van der Waals surface area contributed by atoms with E-state index in [4.69, 9.17) is 37.6 Å². The number of alkyl halides is 1. The van der Waals surface area contributed by atoms with E-state index >= 15 is 0 Å². The zero-order valence-electron chi connectivity index (χ0n) is 24.7. The zero-order valence-corrected chi connectivity index (χ0v) is 25.4. The van der Waals surface area contributed by atoms with Crippen LogP contribution in [0.1, 0.15) is 31.0 Å². The molecule has 230 valence electrons. The van der Waals surface area contributed by atoms with Crippen molar-refractivity contribution in [2.75, 3.05) is 55.8 Å². The Labute approximate surface area is 261 Å². The number of carbonyl (C=O) groups excluding carboxylic acids is 1. The highest BCUT2D eigenvalue weighted by Gasteiger charge is 2.35. The molecule has 3 aromatic rings. The van der Waals surface area contributed by atoms with E-state index in [0.717, 1.165) is 46.4 Å². The summed E-state index contributed by atoms with van der Waals surface area (Å²) in [6.45, 7) is 11.8. The van der Waals surface area contributed by atoms with Crippen LogP contribution in [0.5, 0.6) is 6.01 Å². The Balaban J connectivity index is 1.31. The fourth-order valence-electron chi connectivity index (χ4n) is 5.94. The quantitative estimate of drug-likeness (QED) is 0.239. The Morgan fingerprint density at radius 2 is 2.09 bits per heavy atom. The number of aromatic nitrogens is 3. The van der Waals surface area contributed by atoms with Gasteiger partial charge in [0, 0.05) is 54.8 Å². The molecule has 0 unspecified atom stereocenters. The first kappa shape index (κ1) is 30.0. The maximum absolute atomic E-state index is 12.8. The Bertz CT molecular complexity index is 1590. The maximum atomic E-state index is 12.8. The Hall–Kier alpha value is -4.01. The second kappa shape index (κ2) is 13.3. The van der Waals surface area contributed by atoms with Gasteiger partial charge in [0.15, 0.2) is 0 Å². The van der Waals surface area contributed by atoms with Gasteiger partial charge in [-0.3, -0.25) is 9.78 Å². The predicted octanol–water partition coefficient (Wildman–Crippen LogP) is 4.65. The molecule has 0 radical (unpaired) electrons. The molecule has 10 nitrogen and oxygen atoms in total. The van der Waals surface area contributed by atoms with Crippen molar-refractivity contribution in [3.8, 4) is 6.01 Å². The lowest BCUT2D eigenvalue weighted by Crippen LogP contribution is -2.56. The maximum Gasteiger partial charge on any atom is 0.318 e. The van der Waals surface area contributed by atoms with Crippen molar-refractivity contribution in [1.29, 1.82) is 0 Å². The Morgan fingerprint density at radius 3 is 2.89 bits per heavy atom. The first-order valence-electron chi connectivity index (χ1n) is 15.0. The predicted molar refractivity (Wildman–Crippen MR) is 167 cm³/mol. The van der Waals surface area contributed by atoms with E-state index in [2.05, 4.69) is 19.6 Å². The number of piperazine rings is 1. The average molecular weight is 620 g/mol. The summed E-state index contributed by atoms with van der Waals surface area (Å²) in [7, 11) is 0. The van der Waals surface area contributed by atoms with E-state index in [-0.39, 0.29) is 30.6 Å². The number of hydrogen-bond acceptors (Lipinski definition) is 8. The van der Waals surface area contributed by atoms with Crippen LogP contribution in [-0.4, -0.2) is 90.0 Å². The lowest BCUT2D eigenvalue weighted by atomic mass is 10.0. The third kappa shape index (κ3) is 6.56. The van der Waals surface area contributed by atoms with E-state index in [0.29, 0.717) is 56.9 Å². The standard InChI is InChI=1S/C32H35ClFN7O3/c1-21(44-24-8-9-24)20-43-32-37-27-19-39(28-17-36-15-22-5-3-6-26(33)30(22)28)12-10-25(27)31(38-32)40-13-14-41(23(18-40)16-35-2)29(42)7-4-11-34/h3-7,15,17,21,23-24H,8-14,16,18-20H2,1H3/b7-4+/t21-,23-/m0/s1. The SMILES string of the molecule is [C-]#[N+]C[C@H]1CN(c2nc(OC[C@H](C)OC3CC3)nc3c2CCN(c2cncc4cccc(Cl)c24)C3)CCN1C(=O)/C=C/CF. The van der Waals surface area contributed by atoms with Crippen molar-refractivity contribution in [2.45, 2.75) is 51.0 Å². The monoisotopic (exact) mass is 619 g/mol. The van der Waals surface area contributed by atoms with Crippen LogP contribution in [0.2, 0.25) is 5.02 Å². The number of halogens is 2. The van der Waals surface area contributed by atoms with Gasteiger partial charge in [-0.2, -0.15) is 9.97 Å². The minimum atomic E-state index is -0.711. The first-order chi connectivity index (χ1) is 21.4. The van der Waals surface area contributed by atoms with Crippen molar-refractivity contribution in [3.05, 3.63) is 70.4 Å². The number of anilines is 2. The molecule has 0 N–H and O–H groups in total. The number of hydrogen-bond donors (Lipinski definition) is 0. The van der Waals surface area contributed by atoms with Crippen molar-refractivity contribution in [2.24, 2.45) is 0 Å². The minimum absolute atomic E-state index is 0.0963. The molecule has 2 atom stereocenters. The smallest absolute Gasteiger partial charge is 0.318 e. The van der Waals surface area contributed by atoms with Crippen molar-refractivity contribution >= 4 is 39.8 Å². The summed E-state index contributed by atoms with van der Waals surface area (Å²) in [6, 6.07) is 5.73. The molecule has 0 spiro atoms. The number of pyridine rings is 1. The van der Waals surface area contributed by atoms with Gasteiger partial charge in [-0.15, -0.1) is 0 Å². The fourth-order valence-corrected chi connectivity index (χ4v) is 6.21. The topological polar surface area (TPSA) is 88.3 Å². The van der Waals surface area contributed by atoms with Gasteiger partial charge in [0.25, 0.3) is 0 Å². The van der Waals surface area contributed by atoms with Crippen molar-refractivity contribution in [3.63, 3.8) is 0 Å². The van der Waals surface area contributed by atoms with E-state index in [1.54, 1.807) is 4.90 Å². The second-order valence-corrected chi connectivity index (χ2v) is 11.8. The molecule has 0 bridgehead atoms. The van der Waals surface area contributed by atoms with Crippen LogP contribution >= 0.6 is 11.6 Å². The minimum Gasteiger partial charge on any atom is -0.461 e. The molecule has 2 aromatic heterocycles. The largest absolute Gasteiger partial charge is 0.461 e. The molecule has 44 heavy (non-hydrogen) atoms. The Morgan fingerprint density at radius 1 is 1.23 bits per heavy atom. The highest BCUT2D eigenvalue weighted by molar-refractivity contribution is 6.36. The summed E-state index contributed by atoms with van der Waals surface area (Å²) in [6.07, 6.45) is 9.16. The number of amides is 1. The molecular weight excluding hydrogens is 585 g/mol. The van der Waals surface area contributed by atoms with E-state index in [9.17, 15) is 9.18 Å². The van der Waals surface area contributed by atoms with Crippen LogP contribution in [0.3, 0.4) is 0 Å². The number of rotatable bonds is 10. The average Bonchev–Trinajstić information content (AvgIpc) is 3.86. The molecule has 1 amide bonds. The number of benzene rings is 1. The highest BCUT2D eigenvalue weighted by atomic mass is 35.5. The third-order valence-electron chi connectivity index (χ3n) is 8.19. The van der Waals surface area contributed by atoms with Gasteiger partial charge < -0.3 is 29.0 Å². The summed E-state index contributed by atoms with van der Waals surface area (Å²) in [5.41, 5.74) is 2.81. The summed E-state index contributed by atoms with van der Waals surface area (Å²) >= 11 is 6.66. The molecule has 12 heteroatoms. The summed E-state index contributed by atoms with van der Waals surface area (Å²) < 4.78 is 24.8. The number of ether oxygens (including phenoxy) is 2. The zero-order chi connectivity index (χ0) is 30.6. The second-order valence-electron chi connectivity index (χ2n) is 11.4. The molecule has 1 saturated carbocycles. The Kier molecular flexibility index (Phi) is 9.09. The van der Waals surface area contributed by atoms with Crippen LogP contribution in [0.25, 0.3) is 15.6 Å². The van der Waals surface area contributed by atoms with Gasteiger partial charge in [-0.05, 0) is 38.3 Å². The van der Waals surface area contributed by atoms with Gasteiger partial charge in [-0.1, -0.05) is 23.7 Å². The summed E-state index contributed by atoms with van der Waals surface area (Å²) in [4.78, 5) is 36.6. The molecular formula is C32H35ClFN7O3. The summed E-state index contributed by atoms with van der Waals surface area (Å²) in [5, 5.41) is 2.59. The molecule has 2 fully saturated rings. The number of nitrogens with zero attached hydrogens (tertiary/aromatic N) is 7. The molecule has 4 heterocycles. The summed E-state index contributed by atoms with van der Waals surface area (Å²) in [5.74, 6) is 0.475. The van der Waals surface area contributed by atoms with Crippen LogP contribution in [-0.2, 0) is 22.5 Å². The van der Waals surface area contributed by atoms with Gasteiger partial charge in [0.05, 0.1) is 41.4 Å². The van der Waals surface area contributed by atoms with E-state index in [1.807, 2.05) is 37.5 Å². The van der Waals surface area contributed by atoms with Crippen molar-refractivity contribution < 1.29 is 18.7 Å². The number of fused-ring (bicyclic) bond motifs is 2. The van der Waals surface area contributed by atoms with Crippen LogP contribution in [0, 0.1) is 6.57 Å². The van der Waals surface area contributed by atoms with E-state index in [1.165, 1.54) is 12.2 Å². The van der Waals surface area contributed by atoms with Gasteiger partial charge in [0.2, 0.25) is 12.5 Å². The highest BCUT2D eigenvalue weighted by Crippen LogP contribution is 2.37. The van der Waals surface area contributed by atoms with Crippen LogP contribution < -0.4 is 14.5 Å². The fraction of sp³-hybridized carbons (Fsp3) is 0.469. The third-order valence-corrected chi connectivity index (χ3v) is 8.50. The van der Waals surface area contributed by atoms with Crippen LogP contribution in [0.15, 0.2) is 42.7 Å². The molecule has 1 saturated heterocycles. The normalized spacial score (nSPS) is 19.2. The number of allylic oxidation sites excluding steroid dienone is 1. The molecule has 1 aromatic carbocycles. The lowest BCUT2D eigenvalue weighted by Gasteiger charge is -2.41. The molecule has 3 aliphatic rings. The first-order valence-corrected chi connectivity index (χ1v) is 15.4. The number of carbonyl (C=O) groups is 1. The van der Waals surface area contributed by atoms with Crippen molar-refractivity contribution in [1.82, 2.24) is 19.9 Å². The van der Waals surface area contributed by atoms with Gasteiger partial charge in [-0.25, -0.2) is 11.0 Å². The lowest BCUT2D eigenvalue weighted by molar-refractivity contribution is -0.128. The van der Waals surface area contributed by atoms with Gasteiger partial charge >= 0.3 is 6.01 Å². The molecule has 6 rings (SSSR count).